The van der Waals surface area contributed by atoms with E-state index in [0.717, 1.165) is 25.0 Å². The summed E-state index contributed by atoms with van der Waals surface area (Å²) in [7, 11) is 0. The fourth-order valence-electron chi connectivity index (χ4n) is 1.55. The highest BCUT2D eigenvalue weighted by Gasteiger charge is 2.18. The van der Waals surface area contributed by atoms with Gasteiger partial charge in [0.2, 0.25) is 0 Å². The Morgan fingerprint density at radius 1 is 1.42 bits per heavy atom. The summed E-state index contributed by atoms with van der Waals surface area (Å²) in [5.41, 5.74) is 0. The minimum absolute atomic E-state index is 0.846. The average Bonchev–Trinajstić information content (AvgIpc) is 2.21. The highest BCUT2D eigenvalue weighted by molar-refractivity contribution is 4.67. The molecule has 1 saturated heterocycles. The Labute approximate surface area is 77.5 Å². The van der Waals surface area contributed by atoms with Crippen molar-refractivity contribution in [3.05, 3.63) is 0 Å². The lowest BCUT2D eigenvalue weighted by atomic mass is 9.88. The monoisotopic (exact) mass is 172 g/mol. The lowest BCUT2D eigenvalue weighted by Crippen LogP contribution is -2.22. The predicted molar refractivity (Wildman–Crippen MR) is 54.3 cm³/mol. The van der Waals surface area contributed by atoms with E-state index in [1.54, 1.807) is 0 Å². The molecule has 1 heteroatoms. The summed E-state index contributed by atoms with van der Waals surface area (Å²) >= 11 is 0. The first-order chi connectivity index (χ1) is 5.84. The van der Waals surface area contributed by atoms with Crippen molar-refractivity contribution in [2.75, 3.05) is 13.2 Å². The van der Waals surface area contributed by atoms with E-state index in [4.69, 9.17) is 4.74 Å². The van der Waals surface area contributed by atoms with Crippen LogP contribution in [0.3, 0.4) is 0 Å². The van der Waals surface area contributed by atoms with Gasteiger partial charge in [-0.3, -0.25) is 0 Å². The molecule has 74 valence electrons. The van der Waals surface area contributed by atoms with Crippen LogP contribution in [0.5, 0.6) is 0 Å². The number of hydrogen-bond acceptors (Lipinski definition) is 1. The summed E-state index contributed by atoms with van der Waals surface area (Å²) in [5.74, 6) is 1.71. The molecule has 1 aliphatic heterocycles. The maximum absolute atomic E-state index is 5.41. The minimum Gasteiger partial charge on any atom is -0.381 e. The Morgan fingerprint density at radius 2 is 2.08 bits per heavy atom. The summed E-state index contributed by atoms with van der Waals surface area (Å²) in [6.07, 6.45) is 3.96. The smallest absolute Gasteiger partial charge is 0.0496 e. The van der Waals surface area contributed by atoms with E-state index in [2.05, 4.69) is 13.8 Å². The van der Waals surface area contributed by atoms with Crippen molar-refractivity contribution in [3.63, 3.8) is 0 Å². The van der Waals surface area contributed by atoms with E-state index in [1.165, 1.54) is 19.3 Å². The van der Waals surface area contributed by atoms with Gasteiger partial charge in [-0.15, -0.1) is 0 Å². The normalized spacial score (nSPS) is 25.5. The lowest BCUT2D eigenvalue weighted by Gasteiger charge is -2.26. The third kappa shape index (κ3) is 4.10. The largest absolute Gasteiger partial charge is 0.381 e. The molecule has 1 heterocycles. The van der Waals surface area contributed by atoms with E-state index in [-0.39, 0.29) is 0 Å². The Hall–Kier alpha value is -0.0400. The summed E-state index contributed by atoms with van der Waals surface area (Å²) in [5, 5.41) is 0. The summed E-state index contributed by atoms with van der Waals surface area (Å²) in [4.78, 5) is 0. The van der Waals surface area contributed by atoms with E-state index >= 15 is 0 Å². The fraction of sp³-hybridized carbons (Fsp3) is 1.00. The van der Waals surface area contributed by atoms with Gasteiger partial charge in [-0.1, -0.05) is 34.1 Å². The minimum atomic E-state index is 0.846. The van der Waals surface area contributed by atoms with E-state index in [9.17, 15) is 0 Å². The molecule has 0 amide bonds. The Bertz CT molecular complexity index is 85.0. The third-order valence-electron chi connectivity index (χ3n) is 2.64. The van der Waals surface area contributed by atoms with Crippen LogP contribution >= 0.6 is 0 Å². The number of hydrogen-bond donors (Lipinski definition) is 0. The van der Waals surface area contributed by atoms with Gasteiger partial charge in [0.25, 0.3) is 0 Å². The average molecular weight is 172 g/mol. The molecule has 0 radical (unpaired) electrons. The van der Waals surface area contributed by atoms with Crippen LogP contribution in [0.1, 0.15) is 47.0 Å². The van der Waals surface area contributed by atoms with Crippen LogP contribution in [0.15, 0.2) is 0 Å². The summed E-state index contributed by atoms with van der Waals surface area (Å²) in [6.45, 7) is 10.6. The highest BCUT2D eigenvalue weighted by atomic mass is 16.5. The number of rotatable bonds is 2. The molecule has 0 aliphatic carbocycles. The molecule has 0 spiro atoms. The van der Waals surface area contributed by atoms with Crippen molar-refractivity contribution in [2.45, 2.75) is 47.0 Å². The zero-order valence-corrected chi connectivity index (χ0v) is 9.10. The maximum Gasteiger partial charge on any atom is 0.0496 e. The first-order valence-corrected chi connectivity index (χ1v) is 5.42. The second-order valence-electron chi connectivity index (χ2n) is 3.36. The lowest BCUT2D eigenvalue weighted by molar-refractivity contribution is 0.0333. The molecule has 0 N–H and O–H groups in total. The molecule has 1 aliphatic rings. The van der Waals surface area contributed by atoms with Gasteiger partial charge in [0.1, 0.15) is 0 Å². The summed E-state index contributed by atoms with van der Waals surface area (Å²) in [6, 6.07) is 0. The number of ether oxygens (including phenoxy) is 1. The van der Waals surface area contributed by atoms with Crippen LogP contribution in [0, 0.1) is 11.8 Å². The van der Waals surface area contributed by atoms with Crippen molar-refractivity contribution in [2.24, 2.45) is 11.8 Å². The molecule has 2 unspecified atom stereocenters. The van der Waals surface area contributed by atoms with E-state index in [1.807, 2.05) is 13.8 Å². The summed E-state index contributed by atoms with van der Waals surface area (Å²) < 4.78 is 5.41. The fourth-order valence-corrected chi connectivity index (χ4v) is 1.55. The zero-order valence-electron chi connectivity index (χ0n) is 9.10. The highest BCUT2D eigenvalue weighted by Crippen LogP contribution is 2.23. The van der Waals surface area contributed by atoms with Crippen molar-refractivity contribution < 1.29 is 4.74 Å². The van der Waals surface area contributed by atoms with Crippen molar-refractivity contribution in [1.29, 1.82) is 0 Å². The van der Waals surface area contributed by atoms with Gasteiger partial charge in [-0.05, 0) is 24.7 Å². The second kappa shape index (κ2) is 7.60. The van der Waals surface area contributed by atoms with Crippen LogP contribution in [0.4, 0.5) is 0 Å². The molecule has 0 aromatic heterocycles. The van der Waals surface area contributed by atoms with E-state index < -0.39 is 0 Å². The SMILES string of the molecule is CC.CCC(C)C1CCCOC1. The van der Waals surface area contributed by atoms with Crippen LogP contribution in [0.25, 0.3) is 0 Å². The molecule has 1 fully saturated rings. The Balaban J connectivity index is 0.000000561. The van der Waals surface area contributed by atoms with Crippen LogP contribution in [-0.4, -0.2) is 13.2 Å². The third-order valence-corrected chi connectivity index (χ3v) is 2.64. The van der Waals surface area contributed by atoms with Gasteiger partial charge >= 0.3 is 0 Å². The molecule has 12 heavy (non-hydrogen) atoms. The Morgan fingerprint density at radius 3 is 2.50 bits per heavy atom. The molecule has 1 rings (SSSR count). The first-order valence-electron chi connectivity index (χ1n) is 5.42. The van der Waals surface area contributed by atoms with Crippen LogP contribution in [-0.2, 0) is 4.74 Å². The zero-order chi connectivity index (χ0) is 9.40. The second-order valence-corrected chi connectivity index (χ2v) is 3.36. The van der Waals surface area contributed by atoms with Gasteiger partial charge in [0.05, 0.1) is 0 Å². The van der Waals surface area contributed by atoms with Gasteiger partial charge in [-0.2, -0.15) is 0 Å². The predicted octanol–water partition coefficient (Wildman–Crippen LogP) is 3.49. The topological polar surface area (TPSA) is 9.23 Å². The molecule has 2 atom stereocenters. The van der Waals surface area contributed by atoms with Gasteiger partial charge in [0.15, 0.2) is 0 Å². The van der Waals surface area contributed by atoms with Crippen molar-refractivity contribution in [1.82, 2.24) is 0 Å². The molecule has 1 nitrogen and oxygen atoms in total. The Kier molecular flexibility index (Phi) is 7.58. The molecule has 0 aromatic rings. The van der Waals surface area contributed by atoms with Gasteiger partial charge in [-0.25, -0.2) is 0 Å². The molecular formula is C11H24O. The van der Waals surface area contributed by atoms with Crippen LogP contribution < -0.4 is 0 Å². The first kappa shape index (κ1) is 12.0. The maximum atomic E-state index is 5.41. The standard InChI is InChI=1S/C9H18O.C2H6/c1-3-8(2)9-5-4-6-10-7-9;1-2/h8-9H,3-7H2,1-2H3;1-2H3. The van der Waals surface area contributed by atoms with Gasteiger partial charge in [0, 0.05) is 13.2 Å². The van der Waals surface area contributed by atoms with Crippen LogP contribution in [0.2, 0.25) is 0 Å². The molecule has 0 saturated carbocycles. The van der Waals surface area contributed by atoms with E-state index in [0.29, 0.717) is 0 Å². The molecule has 0 bridgehead atoms. The van der Waals surface area contributed by atoms with Crippen molar-refractivity contribution in [3.8, 4) is 0 Å². The quantitative estimate of drug-likeness (QED) is 0.619. The molecular weight excluding hydrogens is 148 g/mol. The van der Waals surface area contributed by atoms with Gasteiger partial charge < -0.3 is 4.74 Å². The van der Waals surface area contributed by atoms with Crippen molar-refractivity contribution >= 4 is 0 Å². The molecule has 0 aromatic carbocycles.